The summed E-state index contributed by atoms with van der Waals surface area (Å²) in [7, 11) is 1.94. The van der Waals surface area contributed by atoms with Crippen LogP contribution in [0.5, 0.6) is 11.5 Å². The average Bonchev–Trinajstić information content (AvgIpc) is 3.36. The number of aromatic hydroxyl groups is 1. The molecule has 4 aliphatic carbocycles. The first-order valence-corrected chi connectivity index (χ1v) is 14.2. The lowest BCUT2D eigenvalue weighted by molar-refractivity contribution is -0.200. The second-order valence-corrected chi connectivity index (χ2v) is 12.6. The number of hydrogen-bond donors (Lipinski definition) is 2. The summed E-state index contributed by atoms with van der Waals surface area (Å²) in [4.78, 5) is 17.9. The first kappa shape index (κ1) is 22.4. The van der Waals surface area contributed by atoms with E-state index in [-0.39, 0.29) is 29.8 Å². The van der Waals surface area contributed by atoms with E-state index in [0.29, 0.717) is 24.5 Å². The molecule has 0 unspecified atom stereocenters. The quantitative estimate of drug-likeness (QED) is 0.649. The molecule has 6 heteroatoms. The van der Waals surface area contributed by atoms with E-state index in [1.165, 1.54) is 44.1 Å². The summed E-state index contributed by atoms with van der Waals surface area (Å²) in [6.07, 6.45) is 12.1. The molecule has 1 spiro atoms. The molecule has 2 heterocycles. The van der Waals surface area contributed by atoms with E-state index in [4.69, 9.17) is 4.74 Å². The molecule has 190 valence electrons. The van der Waals surface area contributed by atoms with Crippen molar-refractivity contribution in [3.63, 3.8) is 0 Å². The van der Waals surface area contributed by atoms with Gasteiger partial charge in [-0.25, -0.2) is 0 Å². The van der Waals surface area contributed by atoms with Crippen LogP contribution in [0.15, 0.2) is 12.1 Å². The second-order valence-electron chi connectivity index (χ2n) is 12.6. The van der Waals surface area contributed by atoms with Crippen molar-refractivity contribution in [2.24, 2.45) is 11.8 Å². The van der Waals surface area contributed by atoms with Gasteiger partial charge < -0.3 is 19.8 Å². The molecule has 5 atom stereocenters. The second kappa shape index (κ2) is 7.85. The fourth-order valence-electron chi connectivity index (χ4n) is 8.84. The molecule has 3 saturated carbocycles. The van der Waals surface area contributed by atoms with Crippen molar-refractivity contribution < 1.29 is 19.7 Å². The third-order valence-corrected chi connectivity index (χ3v) is 10.9. The normalized spacial score (nSPS) is 37.7. The molecule has 0 radical (unpaired) electrons. The van der Waals surface area contributed by atoms with Gasteiger partial charge in [0.25, 0.3) is 0 Å². The number of likely N-dealkylation sites (tertiary alicyclic amines) is 1. The summed E-state index contributed by atoms with van der Waals surface area (Å²) in [5.74, 6) is 2.41. The summed E-state index contributed by atoms with van der Waals surface area (Å²) in [6, 6.07) is 3.81. The van der Waals surface area contributed by atoms with Gasteiger partial charge in [0.15, 0.2) is 11.5 Å². The lowest BCUT2D eigenvalue weighted by atomic mass is 9.48. The molecule has 0 aromatic heterocycles. The number of carbonyl (C=O) groups excluding carboxylic acids is 1. The van der Waals surface area contributed by atoms with E-state index in [1.54, 1.807) is 6.07 Å². The van der Waals surface area contributed by atoms with Crippen molar-refractivity contribution in [3.05, 3.63) is 23.3 Å². The molecule has 7 rings (SSSR count). The van der Waals surface area contributed by atoms with Crippen LogP contribution in [-0.4, -0.2) is 69.8 Å². The number of amides is 1. The molecule has 1 amide bonds. The van der Waals surface area contributed by atoms with Crippen LogP contribution in [0.25, 0.3) is 0 Å². The van der Waals surface area contributed by atoms with Crippen LogP contribution in [0.3, 0.4) is 0 Å². The minimum Gasteiger partial charge on any atom is -0.504 e. The van der Waals surface area contributed by atoms with Gasteiger partial charge in [-0.2, -0.15) is 0 Å². The SMILES string of the molecule is CN(C(=O)CCC1CCCC1)[C@@H]1CC[C@@]2(O)[C@@H]3Cc4ccc(O)c5c4[C@@]2(CCN3CC2CC2)[C@H]1O5. The first-order valence-electron chi connectivity index (χ1n) is 14.2. The van der Waals surface area contributed by atoms with Crippen molar-refractivity contribution >= 4 is 5.91 Å². The number of hydrogen-bond acceptors (Lipinski definition) is 5. The Labute approximate surface area is 208 Å². The largest absolute Gasteiger partial charge is 0.504 e. The lowest BCUT2D eigenvalue weighted by Gasteiger charge is -2.64. The summed E-state index contributed by atoms with van der Waals surface area (Å²) in [6.45, 7) is 2.03. The maximum absolute atomic E-state index is 13.4. The molecule has 2 bridgehead atoms. The Balaban J connectivity index is 1.23. The van der Waals surface area contributed by atoms with Gasteiger partial charge in [0.05, 0.1) is 17.1 Å². The highest BCUT2D eigenvalue weighted by molar-refractivity contribution is 5.76. The Kier molecular flexibility index (Phi) is 5.03. The summed E-state index contributed by atoms with van der Waals surface area (Å²) in [5.41, 5.74) is 0.818. The number of aliphatic hydroxyl groups is 1. The van der Waals surface area contributed by atoms with E-state index in [9.17, 15) is 15.0 Å². The summed E-state index contributed by atoms with van der Waals surface area (Å²) in [5, 5.41) is 23.4. The molecule has 6 nitrogen and oxygen atoms in total. The molecule has 1 aromatic carbocycles. The third kappa shape index (κ3) is 3.11. The Morgan fingerprint density at radius 2 is 1.94 bits per heavy atom. The molecule has 6 aliphatic rings. The van der Waals surface area contributed by atoms with E-state index in [1.807, 2.05) is 11.9 Å². The van der Waals surface area contributed by atoms with E-state index < -0.39 is 11.0 Å². The highest BCUT2D eigenvalue weighted by atomic mass is 16.5. The van der Waals surface area contributed by atoms with E-state index >= 15 is 0 Å². The van der Waals surface area contributed by atoms with E-state index in [0.717, 1.165) is 50.3 Å². The zero-order valence-electron chi connectivity index (χ0n) is 21.0. The Morgan fingerprint density at radius 1 is 1.14 bits per heavy atom. The maximum atomic E-state index is 13.4. The number of nitrogens with zero attached hydrogens (tertiary/aromatic N) is 2. The first-order chi connectivity index (χ1) is 16.9. The van der Waals surface area contributed by atoms with Gasteiger partial charge in [0.1, 0.15) is 6.10 Å². The minimum absolute atomic E-state index is 0.0790. The number of piperidine rings is 1. The molecular formula is C29H40N2O4. The van der Waals surface area contributed by atoms with Crippen LogP contribution in [0.2, 0.25) is 0 Å². The van der Waals surface area contributed by atoms with Gasteiger partial charge in [0, 0.05) is 31.6 Å². The van der Waals surface area contributed by atoms with Gasteiger partial charge in [-0.15, -0.1) is 0 Å². The molecule has 1 aromatic rings. The van der Waals surface area contributed by atoms with Crippen LogP contribution < -0.4 is 4.74 Å². The average molecular weight is 481 g/mol. The van der Waals surface area contributed by atoms with Crippen molar-refractivity contribution in [1.29, 1.82) is 0 Å². The lowest BCUT2D eigenvalue weighted by Crippen LogP contribution is -2.78. The third-order valence-electron chi connectivity index (χ3n) is 10.9. The van der Waals surface area contributed by atoms with Gasteiger partial charge in [0.2, 0.25) is 5.91 Å². The highest BCUT2D eigenvalue weighted by Gasteiger charge is 2.73. The standard InChI is InChI=1S/C29H40N2O4/c1-30(24(33)11-8-18-4-2-3-5-18)21-12-13-29(34)23-16-20-9-10-22(32)26-25(20)28(29,27(21)35-26)14-15-31(23)17-19-6-7-19/h9-10,18-19,21,23,27,32,34H,2-8,11-17H2,1H3/t21-,23+,27+,28+,29-/m1/s1. The topological polar surface area (TPSA) is 73.2 Å². The van der Waals surface area contributed by atoms with Gasteiger partial charge in [-0.1, -0.05) is 31.7 Å². The molecule has 35 heavy (non-hydrogen) atoms. The number of ether oxygens (including phenoxy) is 1. The highest BCUT2D eigenvalue weighted by Crippen LogP contribution is 2.66. The van der Waals surface area contributed by atoms with Gasteiger partial charge in [-0.3, -0.25) is 9.69 Å². The van der Waals surface area contributed by atoms with Crippen molar-refractivity contribution in [3.8, 4) is 11.5 Å². The van der Waals surface area contributed by atoms with Crippen LogP contribution >= 0.6 is 0 Å². The zero-order chi connectivity index (χ0) is 23.9. The van der Waals surface area contributed by atoms with Crippen molar-refractivity contribution in [2.45, 2.75) is 106 Å². The molecule has 1 saturated heterocycles. The predicted octanol–water partition coefficient (Wildman–Crippen LogP) is 3.75. The van der Waals surface area contributed by atoms with Crippen LogP contribution in [0.4, 0.5) is 0 Å². The van der Waals surface area contributed by atoms with Gasteiger partial charge >= 0.3 is 0 Å². The number of likely N-dealkylation sites (N-methyl/N-ethyl adjacent to an activating group) is 1. The summed E-state index contributed by atoms with van der Waals surface area (Å²) >= 11 is 0. The maximum Gasteiger partial charge on any atom is 0.222 e. The van der Waals surface area contributed by atoms with Gasteiger partial charge in [-0.05, 0) is 75.0 Å². The molecule has 4 fully saturated rings. The molecule has 2 N–H and O–H groups in total. The van der Waals surface area contributed by atoms with Crippen LogP contribution in [0.1, 0.15) is 81.8 Å². The number of phenolic OH excluding ortho intramolecular Hbond substituents is 1. The minimum atomic E-state index is -0.888. The Bertz CT molecular complexity index is 1030. The van der Waals surface area contributed by atoms with Crippen LogP contribution in [-0.2, 0) is 16.6 Å². The monoisotopic (exact) mass is 480 g/mol. The number of carbonyl (C=O) groups is 1. The number of benzene rings is 1. The fraction of sp³-hybridized carbons (Fsp3) is 0.759. The Morgan fingerprint density at radius 3 is 2.71 bits per heavy atom. The smallest absolute Gasteiger partial charge is 0.222 e. The summed E-state index contributed by atoms with van der Waals surface area (Å²) < 4.78 is 6.64. The predicted molar refractivity (Wildman–Crippen MR) is 133 cm³/mol. The van der Waals surface area contributed by atoms with Crippen LogP contribution in [0, 0.1) is 11.8 Å². The number of phenols is 1. The molecular weight excluding hydrogens is 440 g/mol. The Hall–Kier alpha value is -1.79. The fourth-order valence-corrected chi connectivity index (χ4v) is 8.84. The molecule has 2 aliphatic heterocycles. The van der Waals surface area contributed by atoms with Crippen molar-refractivity contribution in [2.75, 3.05) is 20.1 Å². The van der Waals surface area contributed by atoms with Crippen molar-refractivity contribution in [1.82, 2.24) is 9.80 Å². The zero-order valence-corrected chi connectivity index (χ0v) is 21.0. The van der Waals surface area contributed by atoms with E-state index in [2.05, 4.69) is 11.0 Å². The number of rotatable bonds is 6.